The molecule has 1 saturated heterocycles. The van der Waals surface area contributed by atoms with Crippen LogP contribution in [-0.4, -0.2) is 37.7 Å². The first kappa shape index (κ1) is 12.4. The van der Waals surface area contributed by atoms with Gasteiger partial charge in [-0.25, -0.2) is 0 Å². The van der Waals surface area contributed by atoms with Gasteiger partial charge in [-0.3, -0.25) is 4.90 Å². The smallest absolute Gasteiger partial charge is 0.122 e. The fraction of sp³-hybridized carbons (Fsp3) is 0.571. The lowest BCUT2D eigenvalue weighted by Gasteiger charge is -2.34. The van der Waals surface area contributed by atoms with Crippen molar-refractivity contribution >= 4 is 0 Å². The molecule has 0 amide bonds. The maximum atomic E-state index is 5.37. The van der Waals surface area contributed by atoms with E-state index in [1.807, 2.05) is 0 Å². The monoisotopic (exact) mass is 234 g/mol. The first-order chi connectivity index (χ1) is 8.20. The highest BCUT2D eigenvalue weighted by atomic mass is 16.5. The average Bonchev–Trinajstić information content (AvgIpc) is 2.34. The predicted octanol–water partition coefficient (Wildman–Crippen LogP) is 1.80. The van der Waals surface area contributed by atoms with E-state index in [-0.39, 0.29) is 0 Å². The summed E-state index contributed by atoms with van der Waals surface area (Å²) in [4.78, 5) is 2.51. The fourth-order valence-corrected chi connectivity index (χ4v) is 2.32. The van der Waals surface area contributed by atoms with Crippen LogP contribution in [0, 0.1) is 6.92 Å². The van der Waals surface area contributed by atoms with Gasteiger partial charge in [-0.15, -0.1) is 0 Å². The van der Waals surface area contributed by atoms with Crippen LogP contribution in [0.3, 0.4) is 0 Å². The van der Waals surface area contributed by atoms with E-state index in [1.54, 1.807) is 7.11 Å². The number of rotatable bonds is 3. The van der Waals surface area contributed by atoms with E-state index in [0.717, 1.165) is 31.9 Å². The van der Waals surface area contributed by atoms with Crippen LogP contribution in [-0.2, 0) is 6.54 Å². The number of ether oxygens (including phenoxy) is 1. The van der Waals surface area contributed by atoms with E-state index in [2.05, 4.69) is 42.3 Å². The minimum absolute atomic E-state index is 0.607. The van der Waals surface area contributed by atoms with Crippen molar-refractivity contribution in [3.8, 4) is 5.75 Å². The van der Waals surface area contributed by atoms with Gasteiger partial charge in [0.25, 0.3) is 0 Å². The lowest BCUT2D eigenvalue weighted by molar-refractivity contribution is 0.165. The van der Waals surface area contributed by atoms with Gasteiger partial charge in [0.2, 0.25) is 0 Å². The van der Waals surface area contributed by atoms with Crippen LogP contribution in [0.4, 0.5) is 0 Å². The molecule has 1 heterocycles. The summed E-state index contributed by atoms with van der Waals surface area (Å²) in [5.74, 6) is 0.991. The molecule has 1 unspecified atom stereocenters. The van der Waals surface area contributed by atoms with Gasteiger partial charge in [-0.05, 0) is 31.0 Å². The molecule has 0 spiro atoms. The Labute approximate surface area is 104 Å². The van der Waals surface area contributed by atoms with E-state index in [1.165, 1.54) is 11.1 Å². The number of methoxy groups -OCH3 is 1. The number of nitrogens with one attached hydrogen (secondary N) is 1. The van der Waals surface area contributed by atoms with Gasteiger partial charge in [0.05, 0.1) is 7.11 Å². The highest BCUT2D eigenvalue weighted by Gasteiger charge is 2.17. The molecule has 17 heavy (non-hydrogen) atoms. The molecular weight excluding hydrogens is 212 g/mol. The van der Waals surface area contributed by atoms with Gasteiger partial charge in [-0.2, -0.15) is 0 Å². The van der Waals surface area contributed by atoms with Crippen molar-refractivity contribution in [2.24, 2.45) is 0 Å². The van der Waals surface area contributed by atoms with Gasteiger partial charge in [0, 0.05) is 32.2 Å². The van der Waals surface area contributed by atoms with Crippen molar-refractivity contribution in [1.29, 1.82) is 0 Å². The molecule has 1 fully saturated rings. The Kier molecular flexibility index (Phi) is 4.02. The molecule has 0 saturated carbocycles. The maximum Gasteiger partial charge on any atom is 0.122 e. The highest BCUT2D eigenvalue weighted by Crippen LogP contribution is 2.20. The Bertz CT molecular complexity index is 378. The molecule has 0 radical (unpaired) electrons. The molecule has 2 rings (SSSR count). The van der Waals surface area contributed by atoms with Crippen LogP contribution in [0.15, 0.2) is 18.2 Å². The molecule has 1 aliphatic heterocycles. The molecule has 3 nitrogen and oxygen atoms in total. The topological polar surface area (TPSA) is 24.5 Å². The Hall–Kier alpha value is -1.06. The summed E-state index contributed by atoms with van der Waals surface area (Å²) in [5.41, 5.74) is 2.53. The Morgan fingerprint density at radius 1 is 1.47 bits per heavy atom. The molecule has 1 atom stereocenters. The zero-order valence-electron chi connectivity index (χ0n) is 11.0. The van der Waals surface area contributed by atoms with E-state index >= 15 is 0 Å². The van der Waals surface area contributed by atoms with Gasteiger partial charge in [0.15, 0.2) is 0 Å². The summed E-state index contributed by atoms with van der Waals surface area (Å²) in [7, 11) is 1.74. The van der Waals surface area contributed by atoms with Crippen LogP contribution < -0.4 is 10.1 Å². The number of piperazine rings is 1. The number of hydrogen-bond acceptors (Lipinski definition) is 3. The van der Waals surface area contributed by atoms with Crippen molar-refractivity contribution in [2.75, 3.05) is 26.7 Å². The molecular formula is C14H22N2O. The summed E-state index contributed by atoms with van der Waals surface area (Å²) in [5, 5.41) is 3.42. The Morgan fingerprint density at radius 3 is 3.00 bits per heavy atom. The Balaban J connectivity index is 2.07. The molecule has 1 aromatic carbocycles. The van der Waals surface area contributed by atoms with Crippen molar-refractivity contribution in [3.63, 3.8) is 0 Å². The summed E-state index contributed by atoms with van der Waals surface area (Å²) in [6, 6.07) is 7.11. The summed E-state index contributed by atoms with van der Waals surface area (Å²) >= 11 is 0. The van der Waals surface area contributed by atoms with Crippen molar-refractivity contribution < 1.29 is 4.74 Å². The van der Waals surface area contributed by atoms with E-state index < -0.39 is 0 Å². The minimum atomic E-state index is 0.607. The van der Waals surface area contributed by atoms with Crippen LogP contribution in [0.2, 0.25) is 0 Å². The van der Waals surface area contributed by atoms with Gasteiger partial charge in [-0.1, -0.05) is 12.1 Å². The van der Waals surface area contributed by atoms with Crippen molar-refractivity contribution in [2.45, 2.75) is 26.4 Å². The molecule has 94 valence electrons. The number of nitrogens with zero attached hydrogens (tertiary/aromatic N) is 1. The lowest BCUT2D eigenvalue weighted by atomic mass is 10.1. The quantitative estimate of drug-likeness (QED) is 0.863. The van der Waals surface area contributed by atoms with Crippen LogP contribution in [0.5, 0.6) is 5.75 Å². The third kappa shape index (κ3) is 2.99. The van der Waals surface area contributed by atoms with Crippen LogP contribution in [0.1, 0.15) is 18.1 Å². The standard InChI is InChI=1S/C14H22N2O/c1-11-4-5-13(8-14(11)17-3)10-16-7-6-15-9-12(16)2/h4-5,8,12,15H,6-7,9-10H2,1-3H3. The predicted molar refractivity (Wildman–Crippen MR) is 70.5 cm³/mol. The maximum absolute atomic E-state index is 5.37. The second-order valence-electron chi connectivity index (χ2n) is 4.83. The third-order valence-electron chi connectivity index (χ3n) is 3.50. The molecule has 0 aromatic heterocycles. The van der Waals surface area contributed by atoms with Gasteiger partial charge in [0.1, 0.15) is 5.75 Å². The largest absolute Gasteiger partial charge is 0.496 e. The zero-order valence-corrected chi connectivity index (χ0v) is 11.0. The van der Waals surface area contributed by atoms with Crippen LogP contribution >= 0.6 is 0 Å². The number of aryl methyl sites for hydroxylation is 1. The molecule has 0 bridgehead atoms. The summed E-state index contributed by atoms with van der Waals surface area (Å²) in [6.45, 7) is 8.67. The number of benzene rings is 1. The third-order valence-corrected chi connectivity index (χ3v) is 3.50. The minimum Gasteiger partial charge on any atom is -0.496 e. The zero-order chi connectivity index (χ0) is 12.3. The molecule has 0 aliphatic carbocycles. The van der Waals surface area contributed by atoms with E-state index in [0.29, 0.717) is 6.04 Å². The summed E-state index contributed by atoms with van der Waals surface area (Å²) < 4.78 is 5.37. The molecule has 1 aliphatic rings. The number of hydrogen-bond donors (Lipinski definition) is 1. The second kappa shape index (κ2) is 5.52. The van der Waals surface area contributed by atoms with Crippen molar-refractivity contribution in [3.05, 3.63) is 29.3 Å². The van der Waals surface area contributed by atoms with Crippen molar-refractivity contribution in [1.82, 2.24) is 10.2 Å². The second-order valence-corrected chi connectivity index (χ2v) is 4.83. The first-order valence-corrected chi connectivity index (χ1v) is 6.29. The molecule has 1 N–H and O–H groups in total. The molecule has 3 heteroatoms. The highest BCUT2D eigenvalue weighted by molar-refractivity contribution is 5.36. The SMILES string of the molecule is COc1cc(CN2CCNCC2C)ccc1C. The Morgan fingerprint density at radius 2 is 2.29 bits per heavy atom. The van der Waals surface area contributed by atoms with E-state index in [9.17, 15) is 0 Å². The average molecular weight is 234 g/mol. The fourth-order valence-electron chi connectivity index (χ4n) is 2.32. The normalized spacial score (nSPS) is 21.5. The summed E-state index contributed by atoms with van der Waals surface area (Å²) in [6.07, 6.45) is 0. The molecule has 1 aromatic rings. The van der Waals surface area contributed by atoms with Gasteiger partial charge < -0.3 is 10.1 Å². The first-order valence-electron chi connectivity index (χ1n) is 6.29. The van der Waals surface area contributed by atoms with Gasteiger partial charge >= 0.3 is 0 Å². The lowest BCUT2D eigenvalue weighted by Crippen LogP contribution is -2.49. The van der Waals surface area contributed by atoms with Crippen LogP contribution in [0.25, 0.3) is 0 Å². The van der Waals surface area contributed by atoms with E-state index in [4.69, 9.17) is 4.74 Å².